The van der Waals surface area contributed by atoms with Crippen LogP contribution < -0.4 is 0 Å². The Balaban J connectivity index is 2.05. The Morgan fingerprint density at radius 2 is 2.07 bits per heavy atom. The van der Waals surface area contributed by atoms with E-state index < -0.39 is 0 Å². The smallest absolute Gasteiger partial charge is 0.226 e. The van der Waals surface area contributed by atoms with E-state index in [1.54, 1.807) is 0 Å². The minimum Gasteiger partial charge on any atom is -0.345 e. The van der Waals surface area contributed by atoms with Crippen molar-refractivity contribution in [2.45, 2.75) is 18.8 Å². The first-order chi connectivity index (χ1) is 7.27. The van der Waals surface area contributed by atoms with E-state index >= 15 is 0 Å². The van der Waals surface area contributed by atoms with E-state index in [0.29, 0.717) is 11.8 Å². The van der Waals surface area contributed by atoms with Crippen LogP contribution in [-0.4, -0.2) is 24.4 Å². The number of aryl methyl sites for hydroxylation is 1. The van der Waals surface area contributed by atoms with Gasteiger partial charge in [0.1, 0.15) is 0 Å². The van der Waals surface area contributed by atoms with Crippen molar-refractivity contribution < 1.29 is 4.79 Å². The maximum Gasteiger partial charge on any atom is 0.226 e. The lowest BCUT2D eigenvalue weighted by Gasteiger charge is -2.25. The maximum absolute atomic E-state index is 11.9. The van der Waals surface area contributed by atoms with E-state index in [9.17, 15) is 4.79 Å². The first-order valence-electron chi connectivity index (χ1n) is 5.60. The summed E-state index contributed by atoms with van der Waals surface area (Å²) in [6.07, 6.45) is 2.10. The number of nitrogens with zero attached hydrogens (tertiary/aromatic N) is 1. The number of likely N-dealkylation sites (tertiary alicyclic amines) is 1. The lowest BCUT2D eigenvalue weighted by molar-refractivity contribution is -0.130. The summed E-state index contributed by atoms with van der Waals surface area (Å²) in [5, 5.41) is 0. The number of hydrogen-bond donors (Lipinski definition) is 0. The molecule has 1 aliphatic heterocycles. The largest absolute Gasteiger partial charge is 0.345 e. The van der Waals surface area contributed by atoms with Crippen molar-refractivity contribution in [3.63, 3.8) is 0 Å². The van der Waals surface area contributed by atoms with Crippen LogP contribution >= 0.6 is 0 Å². The normalized spacial score (nSPS) is 28.9. The number of benzene rings is 1. The summed E-state index contributed by atoms with van der Waals surface area (Å²) < 4.78 is 0. The Labute approximate surface area is 89.9 Å². The Morgan fingerprint density at radius 1 is 1.27 bits per heavy atom. The fraction of sp³-hybridized carbons (Fsp3) is 0.462. The van der Waals surface area contributed by atoms with Gasteiger partial charge >= 0.3 is 0 Å². The van der Waals surface area contributed by atoms with Crippen LogP contribution in [0.5, 0.6) is 0 Å². The summed E-state index contributed by atoms with van der Waals surface area (Å²) in [6, 6.07) is 8.58. The molecule has 1 saturated heterocycles. The fourth-order valence-electron chi connectivity index (χ4n) is 3.04. The molecule has 0 bridgehead atoms. The molecule has 0 unspecified atom stereocenters. The molecule has 3 rings (SSSR count). The molecule has 0 spiro atoms. The van der Waals surface area contributed by atoms with Gasteiger partial charge in [0.2, 0.25) is 5.91 Å². The third-order valence-electron chi connectivity index (χ3n) is 3.83. The van der Waals surface area contributed by atoms with E-state index in [1.165, 1.54) is 11.1 Å². The molecule has 1 aromatic rings. The Kier molecular flexibility index (Phi) is 1.84. The first-order valence-corrected chi connectivity index (χ1v) is 5.60. The highest BCUT2D eigenvalue weighted by Gasteiger charge is 2.41. The molecule has 1 aliphatic carbocycles. The summed E-state index contributed by atoms with van der Waals surface area (Å²) in [5.41, 5.74) is 2.85. The number of hydrogen-bond acceptors (Lipinski definition) is 1. The summed E-state index contributed by atoms with van der Waals surface area (Å²) >= 11 is 0. The molecular formula is C13H15NO. The standard InChI is InChI=1S/C13H15NO/c1-14-8-12-10-5-3-2-4-9(10)6-7-11(12)13(14)15/h2-5,11-12H,6-8H2,1H3/t11-,12+/m1/s1. The molecule has 2 atom stereocenters. The summed E-state index contributed by atoms with van der Waals surface area (Å²) in [6.45, 7) is 0.903. The monoisotopic (exact) mass is 201 g/mol. The van der Waals surface area contributed by atoms with Crippen LogP contribution in [0.4, 0.5) is 0 Å². The van der Waals surface area contributed by atoms with Crippen LogP contribution in [0.1, 0.15) is 23.5 Å². The molecule has 1 heterocycles. The van der Waals surface area contributed by atoms with E-state index in [2.05, 4.69) is 24.3 Å². The highest BCUT2D eigenvalue weighted by Crippen LogP contribution is 2.41. The SMILES string of the molecule is CN1C[C@H]2c3ccccc3CC[C@H]2C1=O. The van der Waals surface area contributed by atoms with Crippen LogP contribution in [0.25, 0.3) is 0 Å². The van der Waals surface area contributed by atoms with Crippen LogP contribution in [0, 0.1) is 5.92 Å². The van der Waals surface area contributed by atoms with Gasteiger partial charge in [0.05, 0.1) is 0 Å². The first kappa shape index (κ1) is 8.96. The quantitative estimate of drug-likeness (QED) is 0.627. The van der Waals surface area contributed by atoms with Gasteiger partial charge in [0, 0.05) is 25.4 Å². The summed E-state index contributed by atoms with van der Waals surface area (Å²) in [5.74, 6) is 1.05. The zero-order valence-electron chi connectivity index (χ0n) is 8.94. The van der Waals surface area contributed by atoms with Gasteiger partial charge in [-0.3, -0.25) is 4.79 Å². The van der Waals surface area contributed by atoms with Crippen molar-refractivity contribution in [1.29, 1.82) is 0 Å². The second-order valence-electron chi connectivity index (χ2n) is 4.67. The molecule has 1 amide bonds. The number of fused-ring (bicyclic) bond motifs is 3. The van der Waals surface area contributed by atoms with Crippen molar-refractivity contribution in [2.75, 3.05) is 13.6 Å². The predicted octanol–water partition coefficient (Wildman–Crippen LogP) is 1.80. The van der Waals surface area contributed by atoms with E-state index in [-0.39, 0.29) is 5.92 Å². The Bertz CT molecular complexity index is 413. The molecule has 2 nitrogen and oxygen atoms in total. The zero-order chi connectivity index (χ0) is 10.4. The highest BCUT2D eigenvalue weighted by atomic mass is 16.2. The van der Waals surface area contributed by atoms with Crippen molar-refractivity contribution in [2.24, 2.45) is 5.92 Å². The molecule has 1 aromatic carbocycles. The van der Waals surface area contributed by atoms with Gasteiger partial charge in [0.25, 0.3) is 0 Å². The average Bonchev–Trinajstić information content (AvgIpc) is 2.56. The Morgan fingerprint density at radius 3 is 2.93 bits per heavy atom. The fourth-order valence-corrected chi connectivity index (χ4v) is 3.04. The second kappa shape index (κ2) is 3.09. The van der Waals surface area contributed by atoms with E-state index in [0.717, 1.165) is 19.4 Å². The summed E-state index contributed by atoms with van der Waals surface area (Å²) in [4.78, 5) is 13.8. The van der Waals surface area contributed by atoms with Crippen molar-refractivity contribution in [3.05, 3.63) is 35.4 Å². The lowest BCUT2D eigenvalue weighted by Crippen LogP contribution is -2.24. The van der Waals surface area contributed by atoms with Crippen molar-refractivity contribution in [3.8, 4) is 0 Å². The van der Waals surface area contributed by atoms with Gasteiger partial charge in [-0.15, -0.1) is 0 Å². The third kappa shape index (κ3) is 1.21. The maximum atomic E-state index is 11.9. The molecule has 15 heavy (non-hydrogen) atoms. The molecule has 0 N–H and O–H groups in total. The lowest BCUT2D eigenvalue weighted by atomic mass is 9.77. The van der Waals surface area contributed by atoms with Gasteiger partial charge < -0.3 is 4.90 Å². The van der Waals surface area contributed by atoms with Gasteiger partial charge in [0.15, 0.2) is 0 Å². The molecule has 2 aliphatic rings. The van der Waals surface area contributed by atoms with Crippen LogP contribution in [-0.2, 0) is 11.2 Å². The summed E-state index contributed by atoms with van der Waals surface area (Å²) in [7, 11) is 1.92. The van der Waals surface area contributed by atoms with Gasteiger partial charge in [-0.2, -0.15) is 0 Å². The van der Waals surface area contributed by atoms with Crippen molar-refractivity contribution in [1.82, 2.24) is 4.90 Å². The molecule has 0 radical (unpaired) electrons. The average molecular weight is 201 g/mol. The molecule has 2 heteroatoms. The van der Waals surface area contributed by atoms with E-state index in [1.807, 2.05) is 11.9 Å². The van der Waals surface area contributed by atoms with E-state index in [4.69, 9.17) is 0 Å². The number of carbonyl (C=O) groups excluding carboxylic acids is 1. The predicted molar refractivity (Wildman–Crippen MR) is 58.6 cm³/mol. The molecule has 78 valence electrons. The van der Waals surface area contributed by atoms with Crippen LogP contribution in [0.2, 0.25) is 0 Å². The molecule has 1 fully saturated rings. The zero-order valence-corrected chi connectivity index (χ0v) is 8.94. The second-order valence-corrected chi connectivity index (χ2v) is 4.67. The highest BCUT2D eigenvalue weighted by molar-refractivity contribution is 5.82. The minimum atomic E-state index is 0.255. The molecule has 0 aromatic heterocycles. The topological polar surface area (TPSA) is 20.3 Å². The molecular weight excluding hydrogens is 186 g/mol. The number of likely N-dealkylation sites (N-methyl/N-ethyl adjacent to an activating group) is 1. The van der Waals surface area contributed by atoms with Gasteiger partial charge in [-0.05, 0) is 24.0 Å². The van der Waals surface area contributed by atoms with Crippen LogP contribution in [0.15, 0.2) is 24.3 Å². The number of rotatable bonds is 0. The van der Waals surface area contributed by atoms with Gasteiger partial charge in [-0.25, -0.2) is 0 Å². The number of carbonyl (C=O) groups is 1. The minimum absolute atomic E-state index is 0.255. The van der Waals surface area contributed by atoms with Gasteiger partial charge in [-0.1, -0.05) is 24.3 Å². The van der Waals surface area contributed by atoms with Crippen LogP contribution in [0.3, 0.4) is 0 Å². The Hall–Kier alpha value is -1.31. The van der Waals surface area contributed by atoms with Crippen molar-refractivity contribution >= 4 is 5.91 Å². The number of amides is 1. The third-order valence-corrected chi connectivity index (χ3v) is 3.83. The molecule has 0 saturated carbocycles.